The van der Waals surface area contributed by atoms with E-state index in [9.17, 15) is 4.39 Å². The van der Waals surface area contributed by atoms with Crippen molar-refractivity contribution in [2.75, 3.05) is 6.61 Å². The van der Waals surface area contributed by atoms with Crippen LogP contribution < -0.4 is 4.74 Å². The van der Waals surface area contributed by atoms with Crippen LogP contribution in [0.1, 0.15) is 50.3 Å². The fourth-order valence-corrected chi connectivity index (χ4v) is 5.02. The summed E-state index contributed by atoms with van der Waals surface area (Å²) in [5.41, 5.74) is 2.22. The molecule has 2 aromatic carbocycles. The molecule has 0 radical (unpaired) electrons. The normalized spacial score (nSPS) is 27.8. The van der Waals surface area contributed by atoms with Gasteiger partial charge < -0.3 is 9.47 Å². The molecule has 3 aliphatic rings. The maximum atomic E-state index is 13.4. The monoisotopic (exact) mass is 444 g/mol. The predicted octanol–water partition coefficient (Wildman–Crippen LogP) is 5.42. The second-order valence-electron chi connectivity index (χ2n) is 8.38. The zero-order valence-corrected chi connectivity index (χ0v) is 17.5. The van der Waals surface area contributed by atoms with E-state index in [4.69, 9.17) is 14.6 Å². The van der Waals surface area contributed by atoms with E-state index in [1.54, 1.807) is 12.1 Å². The molecule has 0 amide bonds. The first-order valence-corrected chi connectivity index (χ1v) is 10.4. The van der Waals surface area contributed by atoms with Crippen LogP contribution in [-0.2, 0) is 4.74 Å². The van der Waals surface area contributed by atoms with Crippen molar-refractivity contribution in [3.63, 3.8) is 0 Å². The third-order valence-electron chi connectivity index (χ3n) is 5.82. The molecule has 6 heteroatoms. The fraction of sp³-hybridized carbons (Fsp3) is 0.409. The molecule has 28 heavy (non-hydrogen) atoms. The third kappa shape index (κ3) is 2.94. The molecule has 1 fully saturated rings. The molecule has 0 aromatic heterocycles. The zero-order valence-electron chi connectivity index (χ0n) is 15.9. The van der Waals surface area contributed by atoms with Crippen molar-refractivity contribution >= 4 is 21.6 Å². The second kappa shape index (κ2) is 6.29. The number of hydrogen-bond donors (Lipinski definition) is 0. The van der Waals surface area contributed by atoms with Crippen molar-refractivity contribution in [2.24, 2.45) is 5.10 Å². The first-order valence-electron chi connectivity index (χ1n) is 9.60. The largest absolute Gasteiger partial charge is 0.466 e. The van der Waals surface area contributed by atoms with Crippen LogP contribution in [0.15, 0.2) is 52.0 Å². The Morgan fingerprint density at radius 2 is 1.96 bits per heavy atom. The molecule has 3 heterocycles. The summed E-state index contributed by atoms with van der Waals surface area (Å²) in [5.74, 6) is 0.679. The molecule has 3 aliphatic heterocycles. The molecule has 0 unspecified atom stereocenters. The van der Waals surface area contributed by atoms with Crippen molar-refractivity contribution in [3.05, 3.63) is 63.9 Å². The van der Waals surface area contributed by atoms with E-state index < -0.39 is 5.72 Å². The summed E-state index contributed by atoms with van der Waals surface area (Å²) in [4.78, 5) is 0. The van der Waals surface area contributed by atoms with Crippen molar-refractivity contribution in [2.45, 2.75) is 50.5 Å². The summed E-state index contributed by atoms with van der Waals surface area (Å²) in [7, 11) is 0. The van der Waals surface area contributed by atoms with Crippen LogP contribution in [0.3, 0.4) is 0 Å². The Labute approximate surface area is 172 Å². The van der Waals surface area contributed by atoms with Crippen LogP contribution in [0, 0.1) is 5.82 Å². The van der Waals surface area contributed by atoms with Gasteiger partial charge in [0.1, 0.15) is 11.6 Å². The highest BCUT2D eigenvalue weighted by molar-refractivity contribution is 9.10. The summed E-state index contributed by atoms with van der Waals surface area (Å²) in [6.07, 6.45) is 2.25. The molecule has 1 saturated heterocycles. The van der Waals surface area contributed by atoms with Crippen LogP contribution in [-0.4, -0.2) is 28.7 Å². The van der Waals surface area contributed by atoms with Gasteiger partial charge in [-0.2, -0.15) is 5.10 Å². The van der Waals surface area contributed by atoms with E-state index in [2.05, 4.69) is 40.9 Å². The molecule has 0 saturated carbocycles. The smallest absolute Gasteiger partial charge is 0.203 e. The second-order valence-corrected chi connectivity index (χ2v) is 9.30. The minimum atomic E-state index is -0.533. The van der Waals surface area contributed by atoms with E-state index in [-0.39, 0.29) is 17.5 Å². The molecule has 2 aromatic rings. The molecule has 2 atom stereocenters. The lowest BCUT2D eigenvalue weighted by Gasteiger charge is -2.52. The zero-order chi connectivity index (χ0) is 19.5. The maximum absolute atomic E-state index is 13.4. The summed E-state index contributed by atoms with van der Waals surface area (Å²) < 4.78 is 27.0. The van der Waals surface area contributed by atoms with Gasteiger partial charge in [0.25, 0.3) is 0 Å². The van der Waals surface area contributed by atoms with E-state index in [0.717, 1.165) is 46.3 Å². The van der Waals surface area contributed by atoms with E-state index in [1.807, 2.05) is 12.1 Å². The van der Waals surface area contributed by atoms with Crippen LogP contribution >= 0.6 is 15.9 Å². The molecular formula is C22H22BrFN2O2. The van der Waals surface area contributed by atoms with Gasteiger partial charge in [0, 0.05) is 29.3 Å². The van der Waals surface area contributed by atoms with Gasteiger partial charge in [-0.25, -0.2) is 9.40 Å². The molecular weight excluding hydrogens is 423 g/mol. The molecule has 5 rings (SSSR count). The number of benzene rings is 2. The molecule has 1 spiro atoms. The highest BCUT2D eigenvalue weighted by Crippen LogP contribution is 2.52. The van der Waals surface area contributed by atoms with Gasteiger partial charge in [0.2, 0.25) is 5.72 Å². The van der Waals surface area contributed by atoms with Crippen LogP contribution in [0.2, 0.25) is 0 Å². The average molecular weight is 445 g/mol. The van der Waals surface area contributed by atoms with Gasteiger partial charge in [0.15, 0.2) is 0 Å². The van der Waals surface area contributed by atoms with Crippen LogP contribution in [0.4, 0.5) is 4.39 Å². The molecule has 0 N–H and O–H groups in total. The molecule has 0 aliphatic carbocycles. The first-order chi connectivity index (χ1) is 13.4. The Morgan fingerprint density at radius 1 is 1.18 bits per heavy atom. The number of hydrogen-bond acceptors (Lipinski definition) is 4. The van der Waals surface area contributed by atoms with Crippen LogP contribution in [0.5, 0.6) is 5.75 Å². The highest BCUT2D eigenvalue weighted by atomic mass is 79.9. The van der Waals surface area contributed by atoms with E-state index in [1.165, 1.54) is 12.1 Å². The van der Waals surface area contributed by atoms with Crippen molar-refractivity contribution in [1.82, 2.24) is 5.01 Å². The number of fused-ring (bicyclic) bond motifs is 4. The Hall–Kier alpha value is -1.92. The van der Waals surface area contributed by atoms with Gasteiger partial charge >= 0.3 is 0 Å². The minimum Gasteiger partial charge on any atom is -0.466 e. The molecule has 0 bridgehead atoms. The van der Waals surface area contributed by atoms with Crippen molar-refractivity contribution < 1.29 is 13.9 Å². The van der Waals surface area contributed by atoms with Gasteiger partial charge in [-0.15, -0.1) is 0 Å². The van der Waals surface area contributed by atoms with Gasteiger partial charge in [-0.1, -0.05) is 28.1 Å². The maximum Gasteiger partial charge on any atom is 0.203 e. The number of halogens is 2. The quantitative estimate of drug-likeness (QED) is 0.588. The highest BCUT2D eigenvalue weighted by Gasteiger charge is 2.54. The van der Waals surface area contributed by atoms with Gasteiger partial charge in [-0.05, 0) is 49.7 Å². The van der Waals surface area contributed by atoms with Crippen LogP contribution in [0.25, 0.3) is 0 Å². The Morgan fingerprint density at radius 3 is 2.71 bits per heavy atom. The Bertz CT molecular complexity index is 960. The molecule has 146 valence electrons. The van der Waals surface area contributed by atoms with E-state index >= 15 is 0 Å². The predicted molar refractivity (Wildman–Crippen MR) is 109 cm³/mol. The minimum absolute atomic E-state index is 0.0928. The topological polar surface area (TPSA) is 34.1 Å². The first kappa shape index (κ1) is 18.1. The summed E-state index contributed by atoms with van der Waals surface area (Å²) >= 11 is 3.59. The average Bonchev–Trinajstić information content (AvgIpc) is 3.09. The number of rotatable bonds is 1. The summed E-state index contributed by atoms with van der Waals surface area (Å²) in [6, 6.07) is 12.8. The van der Waals surface area contributed by atoms with Crippen molar-refractivity contribution in [1.29, 1.82) is 0 Å². The number of hydrazone groups is 1. The standard InChI is InChI=1S/C22H22BrFN2O2/c1-21(2)13-22(9-10-27-21)26-19(17-11-15(23)5-8-20(17)28-22)12-18(25-26)14-3-6-16(24)7-4-14/h3-8,11,19H,9-10,12-13H2,1-2H3/t19-,22+/m0/s1. The lowest BCUT2D eigenvalue weighted by atomic mass is 9.86. The fourth-order valence-electron chi connectivity index (χ4n) is 4.64. The summed E-state index contributed by atoms with van der Waals surface area (Å²) in [5, 5.41) is 7.16. The third-order valence-corrected chi connectivity index (χ3v) is 6.32. The lowest BCUT2D eigenvalue weighted by molar-refractivity contribution is -0.212. The van der Waals surface area contributed by atoms with E-state index in [0.29, 0.717) is 6.61 Å². The number of nitrogens with zero attached hydrogens (tertiary/aromatic N) is 2. The molecule has 4 nitrogen and oxygen atoms in total. The van der Waals surface area contributed by atoms with Gasteiger partial charge in [-0.3, -0.25) is 0 Å². The summed E-state index contributed by atoms with van der Waals surface area (Å²) in [6.45, 7) is 4.83. The Balaban J connectivity index is 1.61. The van der Waals surface area contributed by atoms with Gasteiger partial charge in [0.05, 0.1) is 24.0 Å². The Kier molecular flexibility index (Phi) is 4.07. The lowest BCUT2D eigenvalue weighted by Crippen LogP contribution is -2.60. The SMILES string of the molecule is CC1(C)C[C@@]2(CCO1)Oc1ccc(Br)cc1[C@@H]1CC(c3ccc(F)cc3)=NN12. The van der Waals surface area contributed by atoms with Crippen molar-refractivity contribution in [3.8, 4) is 5.75 Å². The number of ether oxygens (including phenoxy) is 2.